The van der Waals surface area contributed by atoms with Gasteiger partial charge in [0, 0.05) is 24.5 Å². The molecule has 2 aromatic carbocycles. The van der Waals surface area contributed by atoms with Crippen LogP contribution in [0.1, 0.15) is 26.4 Å². The highest BCUT2D eigenvalue weighted by atomic mass is 32.1. The summed E-state index contributed by atoms with van der Waals surface area (Å²) in [6.45, 7) is 2.97. The number of benzene rings is 2. The molecule has 0 atom stereocenters. The fourth-order valence-electron chi connectivity index (χ4n) is 3.42. The number of fused-ring (bicyclic) bond motifs is 1. The Morgan fingerprint density at radius 1 is 1.08 bits per heavy atom. The van der Waals surface area contributed by atoms with Gasteiger partial charge in [-0.1, -0.05) is 42.5 Å². The van der Waals surface area contributed by atoms with Crippen molar-refractivity contribution < 1.29 is 10.0 Å². The van der Waals surface area contributed by atoms with E-state index in [-0.39, 0.29) is 0 Å². The minimum absolute atomic E-state index is 0.465. The van der Waals surface area contributed by atoms with Crippen molar-refractivity contribution in [2.75, 3.05) is 6.54 Å². The lowest BCUT2D eigenvalue weighted by atomic mass is 9.96. The number of thiophene rings is 1. The quantitative estimate of drug-likeness (QED) is 0.541. The van der Waals surface area contributed by atoms with Crippen molar-refractivity contribution in [2.45, 2.75) is 19.5 Å². The lowest BCUT2D eigenvalue weighted by Crippen LogP contribution is -2.30. The van der Waals surface area contributed by atoms with Gasteiger partial charge in [0.2, 0.25) is 0 Å². The molecule has 1 aliphatic rings. The average molecular weight is 364 g/mol. The molecule has 0 saturated carbocycles. The van der Waals surface area contributed by atoms with Crippen LogP contribution in [0.3, 0.4) is 0 Å². The SMILES string of the molecule is O=C(NO)c1ccc(-c2ccc3c(c2)CN(Cc2ccccc2)CC3)s1. The van der Waals surface area contributed by atoms with E-state index in [1.54, 1.807) is 11.5 Å². The topological polar surface area (TPSA) is 52.6 Å². The fourth-order valence-corrected chi connectivity index (χ4v) is 4.31. The molecule has 0 bridgehead atoms. The van der Waals surface area contributed by atoms with E-state index in [1.807, 2.05) is 12.1 Å². The molecule has 0 unspecified atom stereocenters. The van der Waals surface area contributed by atoms with E-state index in [0.717, 1.165) is 36.5 Å². The molecular weight excluding hydrogens is 344 g/mol. The number of hydrogen-bond acceptors (Lipinski definition) is 4. The third-order valence-electron chi connectivity index (χ3n) is 4.76. The monoisotopic (exact) mass is 364 g/mol. The van der Waals surface area contributed by atoms with Crippen molar-refractivity contribution in [3.05, 3.63) is 82.2 Å². The van der Waals surface area contributed by atoms with Crippen LogP contribution < -0.4 is 5.48 Å². The first-order chi connectivity index (χ1) is 12.7. The minimum atomic E-state index is -0.465. The Hall–Kier alpha value is -2.47. The Balaban J connectivity index is 1.54. The number of nitrogens with one attached hydrogen (secondary N) is 1. The van der Waals surface area contributed by atoms with Gasteiger partial charge in [0.05, 0.1) is 4.88 Å². The van der Waals surface area contributed by atoms with E-state index in [4.69, 9.17) is 5.21 Å². The van der Waals surface area contributed by atoms with Gasteiger partial charge in [0.25, 0.3) is 5.91 Å². The summed E-state index contributed by atoms with van der Waals surface area (Å²) in [6.07, 6.45) is 1.06. The zero-order valence-corrected chi connectivity index (χ0v) is 15.1. The third-order valence-corrected chi connectivity index (χ3v) is 5.90. The number of rotatable bonds is 4. The molecule has 2 heterocycles. The summed E-state index contributed by atoms with van der Waals surface area (Å²) >= 11 is 1.39. The summed E-state index contributed by atoms with van der Waals surface area (Å²) in [4.78, 5) is 15.6. The minimum Gasteiger partial charge on any atom is -0.294 e. The molecule has 0 saturated heterocycles. The molecule has 4 rings (SSSR count). The Morgan fingerprint density at radius 2 is 1.92 bits per heavy atom. The van der Waals surface area contributed by atoms with Gasteiger partial charge in [0.15, 0.2) is 0 Å². The molecule has 132 valence electrons. The van der Waals surface area contributed by atoms with E-state index >= 15 is 0 Å². The normalized spacial score (nSPS) is 14.0. The summed E-state index contributed by atoms with van der Waals surface area (Å²) in [5, 5.41) is 8.78. The summed E-state index contributed by atoms with van der Waals surface area (Å²) in [5.74, 6) is -0.465. The van der Waals surface area contributed by atoms with Gasteiger partial charge in [-0.25, -0.2) is 5.48 Å². The standard InChI is InChI=1S/C21H20N2O2S/c24-21(22-25)20-9-8-19(26-20)17-7-6-16-10-11-23(14-18(16)12-17)13-15-4-2-1-3-5-15/h1-9,12,25H,10-11,13-14H2,(H,22,24). The summed E-state index contributed by atoms with van der Waals surface area (Å²) in [5.41, 5.74) is 6.90. The van der Waals surface area contributed by atoms with Crippen LogP contribution in [0.15, 0.2) is 60.7 Å². The summed E-state index contributed by atoms with van der Waals surface area (Å²) in [7, 11) is 0. The second kappa shape index (κ2) is 7.41. The van der Waals surface area contributed by atoms with E-state index in [9.17, 15) is 4.79 Å². The maximum atomic E-state index is 11.5. The molecule has 3 aromatic rings. The Labute approximate surface area is 156 Å². The van der Waals surface area contributed by atoms with Crippen LogP contribution in [0.4, 0.5) is 0 Å². The smallest absolute Gasteiger partial charge is 0.284 e. The second-order valence-corrected chi connectivity index (χ2v) is 7.62. The third kappa shape index (κ3) is 3.55. The number of carbonyl (C=O) groups excluding carboxylic acids is 1. The molecule has 0 radical (unpaired) electrons. The first kappa shape index (κ1) is 17.0. The Morgan fingerprint density at radius 3 is 2.73 bits per heavy atom. The number of hydrogen-bond donors (Lipinski definition) is 2. The molecule has 1 aromatic heterocycles. The number of nitrogens with zero attached hydrogens (tertiary/aromatic N) is 1. The summed E-state index contributed by atoms with van der Waals surface area (Å²) in [6, 6.07) is 20.8. The van der Waals surface area contributed by atoms with Crippen molar-refractivity contribution in [3.8, 4) is 10.4 Å². The van der Waals surface area contributed by atoms with Crippen LogP contribution in [0.2, 0.25) is 0 Å². The molecule has 5 heteroatoms. The highest BCUT2D eigenvalue weighted by molar-refractivity contribution is 7.17. The van der Waals surface area contributed by atoms with E-state index in [1.165, 1.54) is 28.0 Å². The first-order valence-corrected chi connectivity index (χ1v) is 9.47. The molecule has 0 fully saturated rings. The average Bonchev–Trinajstić information content (AvgIpc) is 3.18. The maximum absolute atomic E-state index is 11.5. The number of carbonyl (C=O) groups is 1. The van der Waals surface area contributed by atoms with Crippen LogP contribution in [-0.2, 0) is 19.5 Å². The maximum Gasteiger partial charge on any atom is 0.284 e. The zero-order chi connectivity index (χ0) is 17.9. The van der Waals surface area contributed by atoms with Gasteiger partial charge >= 0.3 is 0 Å². The Bertz CT molecular complexity index is 921. The van der Waals surface area contributed by atoms with Crippen LogP contribution in [0.5, 0.6) is 0 Å². The molecule has 2 N–H and O–H groups in total. The van der Waals surface area contributed by atoms with Crippen LogP contribution >= 0.6 is 11.3 Å². The van der Waals surface area contributed by atoms with Gasteiger partial charge in [-0.2, -0.15) is 0 Å². The van der Waals surface area contributed by atoms with Crippen LogP contribution in [0.25, 0.3) is 10.4 Å². The molecule has 0 aliphatic carbocycles. The largest absolute Gasteiger partial charge is 0.294 e. The van der Waals surface area contributed by atoms with Crippen molar-refractivity contribution >= 4 is 17.2 Å². The number of hydroxylamine groups is 1. The predicted octanol–water partition coefficient (Wildman–Crippen LogP) is 4.09. The van der Waals surface area contributed by atoms with E-state index < -0.39 is 5.91 Å². The summed E-state index contributed by atoms with van der Waals surface area (Å²) < 4.78 is 0. The van der Waals surface area contributed by atoms with Crippen LogP contribution in [0, 0.1) is 0 Å². The molecule has 4 nitrogen and oxygen atoms in total. The zero-order valence-electron chi connectivity index (χ0n) is 14.3. The number of amides is 1. The van der Waals surface area contributed by atoms with Gasteiger partial charge in [-0.3, -0.25) is 14.9 Å². The lowest BCUT2D eigenvalue weighted by molar-refractivity contribution is 0.0711. The predicted molar refractivity (Wildman–Crippen MR) is 103 cm³/mol. The molecule has 0 spiro atoms. The lowest BCUT2D eigenvalue weighted by Gasteiger charge is -2.29. The Kier molecular flexibility index (Phi) is 4.84. The second-order valence-electron chi connectivity index (χ2n) is 6.53. The van der Waals surface area contributed by atoms with E-state index in [0.29, 0.717) is 4.88 Å². The van der Waals surface area contributed by atoms with Crippen molar-refractivity contribution in [2.24, 2.45) is 0 Å². The van der Waals surface area contributed by atoms with Crippen molar-refractivity contribution in [1.82, 2.24) is 10.4 Å². The fraction of sp³-hybridized carbons (Fsp3) is 0.190. The molecule has 1 aliphatic heterocycles. The molecule has 26 heavy (non-hydrogen) atoms. The van der Waals surface area contributed by atoms with Gasteiger partial charge < -0.3 is 0 Å². The van der Waals surface area contributed by atoms with Crippen molar-refractivity contribution in [3.63, 3.8) is 0 Å². The highest BCUT2D eigenvalue weighted by Gasteiger charge is 2.18. The highest BCUT2D eigenvalue weighted by Crippen LogP contribution is 2.31. The van der Waals surface area contributed by atoms with Crippen LogP contribution in [-0.4, -0.2) is 22.6 Å². The van der Waals surface area contributed by atoms with Gasteiger partial charge in [-0.05, 0) is 46.9 Å². The molecular formula is C21H20N2O2S. The molecule has 1 amide bonds. The van der Waals surface area contributed by atoms with E-state index in [2.05, 4.69) is 47.4 Å². The van der Waals surface area contributed by atoms with Gasteiger partial charge in [-0.15, -0.1) is 11.3 Å². The first-order valence-electron chi connectivity index (χ1n) is 8.65. The van der Waals surface area contributed by atoms with Crippen molar-refractivity contribution in [1.29, 1.82) is 0 Å². The van der Waals surface area contributed by atoms with Gasteiger partial charge in [0.1, 0.15) is 0 Å².